The first-order valence-electron chi connectivity index (χ1n) is 9.65. The van der Waals surface area contributed by atoms with Gasteiger partial charge in [0.05, 0.1) is 13.2 Å². The van der Waals surface area contributed by atoms with Crippen LogP contribution in [-0.4, -0.2) is 53.5 Å². The van der Waals surface area contributed by atoms with Crippen LogP contribution in [0.15, 0.2) is 24.3 Å². The van der Waals surface area contributed by atoms with Crippen LogP contribution in [0.2, 0.25) is 0 Å². The maximum Gasteiger partial charge on any atom is 0.243 e. The van der Waals surface area contributed by atoms with Gasteiger partial charge in [0.2, 0.25) is 16.9 Å². The van der Waals surface area contributed by atoms with Gasteiger partial charge >= 0.3 is 0 Å². The van der Waals surface area contributed by atoms with Gasteiger partial charge in [0.25, 0.3) is 0 Å². The number of unbranched alkanes of at least 4 members (excludes halogenated alkanes) is 2. The fourth-order valence-corrected chi connectivity index (χ4v) is 3.78. The van der Waals surface area contributed by atoms with Crippen LogP contribution in [0.5, 0.6) is 0 Å². The molecule has 0 spiro atoms. The van der Waals surface area contributed by atoms with Crippen LogP contribution in [0, 0.1) is 0 Å². The van der Waals surface area contributed by atoms with Gasteiger partial charge in [-0.25, -0.2) is 5.48 Å². The molecule has 10 heteroatoms. The summed E-state index contributed by atoms with van der Waals surface area (Å²) < 4.78 is 5.38. The van der Waals surface area contributed by atoms with Crippen molar-refractivity contribution in [3.05, 3.63) is 24.3 Å². The molecule has 0 unspecified atom stereocenters. The summed E-state index contributed by atoms with van der Waals surface area (Å²) in [7, 11) is 0. The van der Waals surface area contributed by atoms with Gasteiger partial charge in [-0.05, 0) is 37.1 Å². The van der Waals surface area contributed by atoms with Crippen molar-refractivity contribution in [2.75, 3.05) is 36.5 Å². The van der Waals surface area contributed by atoms with Crippen LogP contribution in [0.1, 0.15) is 32.1 Å². The fourth-order valence-electron chi connectivity index (χ4n) is 3.01. The van der Waals surface area contributed by atoms with E-state index < -0.39 is 5.91 Å². The van der Waals surface area contributed by atoms with Crippen molar-refractivity contribution in [3.63, 3.8) is 0 Å². The molecule has 2 amide bonds. The Balaban J connectivity index is 1.45. The van der Waals surface area contributed by atoms with E-state index in [2.05, 4.69) is 32.5 Å². The molecule has 2 aromatic rings. The van der Waals surface area contributed by atoms with Gasteiger partial charge in [0, 0.05) is 37.2 Å². The number of nitrogens with zero attached hydrogens (tertiary/aromatic N) is 3. The molecule has 1 saturated heterocycles. The first-order valence-corrected chi connectivity index (χ1v) is 10.5. The summed E-state index contributed by atoms with van der Waals surface area (Å²) in [5.74, 6) is -0.532. The van der Waals surface area contributed by atoms with E-state index in [-0.39, 0.29) is 12.3 Å². The highest BCUT2D eigenvalue weighted by molar-refractivity contribution is 7.18. The average molecular weight is 420 g/mol. The van der Waals surface area contributed by atoms with Crippen molar-refractivity contribution in [3.8, 4) is 10.6 Å². The summed E-state index contributed by atoms with van der Waals surface area (Å²) in [4.78, 5) is 25.2. The molecule has 0 bridgehead atoms. The lowest BCUT2D eigenvalue weighted by Gasteiger charge is -2.28. The van der Waals surface area contributed by atoms with E-state index in [0.29, 0.717) is 24.4 Å². The Kier molecular flexibility index (Phi) is 7.91. The number of carbonyl (C=O) groups is 2. The Morgan fingerprint density at radius 3 is 2.41 bits per heavy atom. The van der Waals surface area contributed by atoms with Crippen molar-refractivity contribution in [2.45, 2.75) is 32.1 Å². The smallest absolute Gasteiger partial charge is 0.243 e. The average Bonchev–Trinajstić information content (AvgIpc) is 3.22. The third-order valence-electron chi connectivity index (χ3n) is 4.59. The van der Waals surface area contributed by atoms with Crippen LogP contribution in [0.3, 0.4) is 0 Å². The molecule has 29 heavy (non-hydrogen) atoms. The van der Waals surface area contributed by atoms with E-state index in [1.807, 2.05) is 12.1 Å². The highest BCUT2D eigenvalue weighted by atomic mass is 32.1. The minimum atomic E-state index is -0.409. The van der Waals surface area contributed by atoms with Crippen molar-refractivity contribution in [2.24, 2.45) is 0 Å². The lowest BCUT2D eigenvalue weighted by atomic mass is 10.1. The number of rotatable bonds is 9. The molecular weight excluding hydrogens is 394 g/mol. The molecule has 1 fully saturated rings. The standard InChI is InChI=1S/C19H25N5O4S/c25-16(4-2-1-3-5-17(26)23-27)20-19-22-21-18(29-19)14-6-8-15(9-7-14)24-10-12-28-13-11-24/h6-9,27H,1-5,10-13H2,(H,23,26)(H,20,22,25). The molecule has 2 heterocycles. The Morgan fingerprint density at radius 2 is 1.72 bits per heavy atom. The number of aromatic nitrogens is 2. The number of hydroxylamine groups is 1. The van der Waals surface area contributed by atoms with Crippen LogP contribution in [0.25, 0.3) is 10.6 Å². The van der Waals surface area contributed by atoms with Gasteiger partial charge in [0.15, 0.2) is 0 Å². The summed E-state index contributed by atoms with van der Waals surface area (Å²) in [6.07, 6.45) is 2.63. The Morgan fingerprint density at radius 1 is 1.03 bits per heavy atom. The molecule has 1 aliphatic rings. The first kappa shape index (κ1) is 21.2. The van der Waals surface area contributed by atoms with E-state index in [0.717, 1.165) is 49.0 Å². The second-order valence-electron chi connectivity index (χ2n) is 6.70. The van der Waals surface area contributed by atoms with Crippen molar-refractivity contribution in [1.29, 1.82) is 0 Å². The quantitative estimate of drug-likeness (QED) is 0.325. The molecule has 156 valence electrons. The summed E-state index contributed by atoms with van der Waals surface area (Å²) in [6, 6.07) is 8.16. The number of ether oxygens (including phenoxy) is 1. The van der Waals surface area contributed by atoms with E-state index in [1.54, 1.807) is 5.48 Å². The van der Waals surface area contributed by atoms with Gasteiger partial charge in [-0.2, -0.15) is 0 Å². The second-order valence-corrected chi connectivity index (χ2v) is 7.68. The molecule has 0 atom stereocenters. The molecule has 1 aliphatic heterocycles. The Bertz CT molecular complexity index is 805. The van der Waals surface area contributed by atoms with Crippen molar-refractivity contribution >= 4 is 34.0 Å². The minimum Gasteiger partial charge on any atom is -0.378 e. The lowest BCUT2D eigenvalue weighted by molar-refractivity contribution is -0.129. The van der Waals surface area contributed by atoms with E-state index >= 15 is 0 Å². The Hall–Kier alpha value is -2.56. The number of nitrogens with one attached hydrogen (secondary N) is 2. The molecule has 9 nitrogen and oxygen atoms in total. The third kappa shape index (κ3) is 6.48. The molecule has 1 aromatic heterocycles. The van der Waals surface area contributed by atoms with Crippen LogP contribution in [-0.2, 0) is 14.3 Å². The zero-order valence-corrected chi connectivity index (χ0v) is 16.9. The fraction of sp³-hybridized carbons (Fsp3) is 0.474. The highest BCUT2D eigenvalue weighted by Crippen LogP contribution is 2.28. The zero-order chi connectivity index (χ0) is 20.5. The van der Waals surface area contributed by atoms with Crippen molar-refractivity contribution in [1.82, 2.24) is 15.7 Å². The number of amides is 2. The van der Waals surface area contributed by atoms with E-state index in [1.165, 1.54) is 11.3 Å². The number of anilines is 2. The van der Waals surface area contributed by atoms with Crippen LogP contribution >= 0.6 is 11.3 Å². The number of benzene rings is 1. The van der Waals surface area contributed by atoms with Gasteiger partial charge < -0.3 is 15.0 Å². The molecular formula is C19H25N5O4S. The maximum atomic E-state index is 12.0. The predicted octanol–water partition coefficient (Wildman–Crippen LogP) is 2.44. The Labute approximate surface area is 173 Å². The van der Waals surface area contributed by atoms with E-state index in [4.69, 9.17) is 9.94 Å². The predicted molar refractivity (Wildman–Crippen MR) is 110 cm³/mol. The molecule has 3 rings (SSSR count). The first-order chi connectivity index (χ1) is 14.2. The van der Waals surface area contributed by atoms with Crippen LogP contribution < -0.4 is 15.7 Å². The van der Waals surface area contributed by atoms with E-state index in [9.17, 15) is 9.59 Å². The molecule has 0 aliphatic carbocycles. The molecule has 0 radical (unpaired) electrons. The summed E-state index contributed by atoms with van der Waals surface area (Å²) in [5.41, 5.74) is 3.71. The summed E-state index contributed by atoms with van der Waals surface area (Å²) in [6.45, 7) is 3.28. The van der Waals surface area contributed by atoms with Gasteiger partial charge in [-0.1, -0.05) is 17.8 Å². The highest BCUT2D eigenvalue weighted by Gasteiger charge is 2.13. The lowest BCUT2D eigenvalue weighted by Crippen LogP contribution is -2.36. The largest absolute Gasteiger partial charge is 0.378 e. The molecule has 1 aromatic carbocycles. The van der Waals surface area contributed by atoms with Gasteiger partial charge in [-0.15, -0.1) is 10.2 Å². The topological polar surface area (TPSA) is 117 Å². The normalized spacial score (nSPS) is 13.9. The zero-order valence-electron chi connectivity index (χ0n) is 16.1. The summed E-state index contributed by atoms with van der Waals surface area (Å²) >= 11 is 1.34. The number of hydrogen-bond acceptors (Lipinski definition) is 8. The van der Waals surface area contributed by atoms with Gasteiger partial charge in [-0.3, -0.25) is 14.8 Å². The van der Waals surface area contributed by atoms with Crippen LogP contribution in [0.4, 0.5) is 10.8 Å². The monoisotopic (exact) mass is 419 g/mol. The molecule has 3 N–H and O–H groups in total. The maximum absolute atomic E-state index is 12.0. The number of morpholine rings is 1. The summed E-state index contributed by atoms with van der Waals surface area (Å²) in [5, 5.41) is 20.6. The third-order valence-corrected chi connectivity index (χ3v) is 5.48. The van der Waals surface area contributed by atoms with Gasteiger partial charge in [0.1, 0.15) is 5.01 Å². The number of hydrogen-bond donors (Lipinski definition) is 3. The molecule has 0 saturated carbocycles. The minimum absolute atomic E-state index is 0.123. The van der Waals surface area contributed by atoms with Crippen molar-refractivity contribution < 1.29 is 19.5 Å². The second kappa shape index (κ2) is 10.8. The number of carbonyl (C=O) groups excluding carboxylic acids is 2. The SMILES string of the molecule is O=C(CCCCCC(=O)Nc1nnc(-c2ccc(N3CCOCC3)cc2)s1)NO.